The van der Waals surface area contributed by atoms with Crippen molar-refractivity contribution in [3.05, 3.63) is 206 Å². The van der Waals surface area contributed by atoms with Gasteiger partial charge in [-0.2, -0.15) is 0 Å². The van der Waals surface area contributed by atoms with Crippen LogP contribution in [-0.2, 0) is 0 Å². The van der Waals surface area contributed by atoms with Crippen LogP contribution in [-0.4, -0.2) is 9.13 Å². The summed E-state index contributed by atoms with van der Waals surface area (Å²) in [6, 6.07) is 72.1. The molecule has 0 aliphatic rings. The van der Waals surface area contributed by atoms with Gasteiger partial charge in [-0.05, 0) is 125 Å². The Morgan fingerprint density at radius 1 is 0.339 bits per heavy atom. The highest BCUT2D eigenvalue weighted by molar-refractivity contribution is 6.22. The van der Waals surface area contributed by atoms with Crippen LogP contribution in [0.15, 0.2) is 205 Å². The molecule has 0 radical (unpaired) electrons. The van der Waals surface area contributed by atoms with Gasteiger partial charge in [-0.15, -0.1) is 0 Å². The van der Waals surface area contributed by atoms with Crippen LogP contribution in [0.25, 0.3) is 99.0 Å². The van der Waals surface area contributed by atoms with Crippen LogP contribution in [0.5, 0.6) is 0 Å². The molecule has 11 aromatic rings. The highest BCUT2D eigenvalue weighted by Gasteiger charge is 2.17. The van der Waals surface area contributed by atoms with Crippen LogP contribution in [0, 0.1) is 6.92 Å². The van der Waals surface area contributed by atoms with Crippen molar-refractivity contribution in [2.45, 2.75) is 6.92 Å². The fourth-order valence-corrected chi connectivity index (χ4v) is 8.66. The molecule has 0 saturated heterocycles. The lowest BCUT2D eigenvalue weighted by Crippen LogP contribution is -1.93. The second-order valence-corrected chi connectivity index (χ2v) is 14.6. The van der Waals surface area contributed by atoms with E-state index in [-0.39, 0.29) is 0 Å². The lowest BCUT2D eigenvalue weighted by molar-refractivity contribution is 0.569. The molecule has 11 rings (SSSR count). The molecule has 3 aromatic heterocycles. The van der Waals surface area contributed by atoms with Crippen molar-refractivity contribution < 1.29 is 4.42 Å². The Bertz CT molecular complexity index is 3360. The second kappa shape index (κ2) is 12.9. The Balaban J connectivity index is 1.11. The molecule has 0 aliphatic heterocycles. The zero-order valence-corrected chi connectivity index (χ0v) is 30.9. The fraction of sp³-hybridized carbons (Fsp3) is 0.0189. The molecule has 3 nitrogen and oxygen atoms in total. The molecule has 0 saturated carbocycles. The van der Waals surface area contributed by atoms with Gasteiger partial charge in [0, 0.05) is 38.3 Å². The first-order valence-corrected chi connectivity index (χ1v) is 19.2. The predicted molar refractivity (Wildman–Crippen MR) is 236 cm³/mol. The molecule has 56 heavy (non-hydrogen) atoms. The smallest absolute Gasteiger partial charge is 0.134 e. The quantitative estimate of drug-likeness (QED) is 0.178. The number of aromatic nitrogens is 2. The highest BCUT2D eigenvalue weighted by Crippen LogP contribution is 2.40. The van der Waals surface area contributed by atoms with E-state index in [1.807, 2.05) is 13.0 Å². The summed E-state index contributed by atoms with van der Waals surface area (Å²) in [5, 5.41) is 8.49. The Morgan fingerprint density at radius 2 is 0.875 bits per heavy atom. The van der Waals surface area contributed by atoms with E-state index in [9.17, 15) is 0 Å². The predicted octanol–water partition coefficient (Wildman–Crippen LogP) is 14.5. The first kappa shape index (κ1) is 32.1. The molecule has 3 heteroatoms. The van der Waals surface area contributed by atoms with E-state index >= 15 is 0 Å². The Morgan fingerprint density at radius 3 is 1.62 bits per heavy atom. The van der Waals surface area contributed by atoms with Gasteiger partial charge in [0.1, 0.15) is 11.3 Å². The summed E-state index contributed by atoms with van der Waals surface area (Å²) < 4.78 is 11.2. The maximum Gasteiger partial charge on any atom is 0.134 e. The third-order valence-electron chi connectivity index (χ3n) is 11.2. The Labute approximate surface area is 324 Å². The molecule has 0 bridgehead atoms. The van der Waals surface area contributed by atoms with Gasteiger partial charge in [-0.25, -0.2) is 0 Å². The van der Waals surface area contributed by atoms with Gasteiger partial charge >= 0.3 is 0 Å². The number of para-hydroxylation sites is 3. The van der Waals surface area contributed by atoms with Gasteiger partial charge in [-0.3, -0.25) is 0 Å². The number of hydrogen-bond acceptors (Lipinski definition) is 1. The molecule has 0 atom stereocenters. The van der Waals surface area contributed by atoms with Crippen LogP contribution < -0.4 is 0 Å². The summed E-state index contributed by atoms with van der Waals surface area (Å²) >= 11 is 0. The molecule has 264 valence electrons. The SMILES string of the molecule is Cc1cccc(-c2ccc3c(c2)c2ccccc2n3-c2ccccc2)cc2cc(-c3ccc4c(c3)c3c5ccccc5ccc3n4-c3ccccc3)ccc2o1. The Hall–Kier alpha value is -7.36. The molecule has 8 aromatic carbocycles. The Kier molecular flexibility index (Phi) is 7.39. The van der Waals surface area contributed by atoms with Gasteiger partial charge in [0.05, 0.1) is 22.1 Å². The van der Waals surface area contributed by atoms with Crippen LogP contribution in [0.4, 0.5) is 0 Å². The van der Waals surface area contributed by atoms with Crippen LogP contribution in [0.1, 0.15) is 5.76 Å². The molecular weight excluding hydrogens is 681 g/mol. The monoisotopic (exact) mass is 716 g/mol. The summed E-state index contributed by atoms with van der Waals surface area (Å²) in [6.07, 6.45) is 0. The lowest BCUT2D eigenvalue weighted by atomic mass is 9.98. The van der Waals surface area contributed by atoms with Crippen LogP contribution in [0.3, 0.4) is 0 Å². The summed E-state index contributed by atoms with van der Waals surface area (Å²) in [4.78, 5) is 0. The minimum absolute atomic E-state index is 0.832. The van der Waals surface area contributed by atoms with E-state index in [4.69, 9.17) is 4.42 Å². The topological polar surface area (TPSA) is 23.0 Å². The number of aryl methyl sites for hydroxylation is 1. The van der Waals surface area contributed by atoms with Crippen LogP contribution >= 0.6 is 0 Å². The number of rotatable bonds is 4. The summed E-state index contributed by atoms with van der Waals surface area (Å²) in [7, 11) is 0. The maximum atomic E-state index is 6.46. The standard InChI is InChI=1S/C53H36N2O/c1-35-13-12-15-37(39-24-27-49-46(33-39)45-21-10-11-22-48(45)54(49)42-16-4-2-5-17-42)31-41-32-38(26-30-52(41)56-35)40-25-28-50-47(34-40)53-44-20-9-8-14-36(44)23-29-51(53)55(50)43-18-6-3-7-19-43/h2-34H,1H3. The highest BCUT2D eigenvalue weighted by atomic mass is 16.3. The summed E-state index contributed by atoms with van der Waals surface area (Å²) in [5.41, 5.74) is 12.5. The molecule has 0 amide bonds. The zero-order valence-electron chi connectivity index (χ0n) is 30.9. The van der Waals surface area contributed by atoms with Gasteiger partial charge in [-0.1, -0.05) is 115 Å². The van der Waals surface area contributed by atoms with Crippen molar-refractivity contribution in [2.24, 2.45) is 0 Å². The summed E-state index contributed by atoms with van der Waals surface area (Å²) in [5.74, 6) is 0.841. The normalized spacial score (nSPS) is 11.7. The first-order valence-electron chi connectivity index (χ1n) is 19.2. The van der Waals surface area contributed by atoms with E-state index in [2.05, 4.69) is 203 Å². The number of nitrogens with zero attached hydrogens (tertiary/aromatic N) is 2. The lowest BCUT2D eigenvalue weighted by Gasteiger charge is -2.09. The molecule has 0 aliphatic carbocycles. The van der Waals surface area contributed by atoms with Gasteiger partial charge in [0.2, 0.25) is 0 Å². The van der Waals surface area contributed by atoms with E-state index in [0.717, 1.165) is 50.4 Å². The van der Waals surface area contributed by atoms with E-state index in [1.54, 1.807) is 0 Å². The molecule has 0 unspecified atom stereocenters. The fourth-order valence-electron chi connectivity index (χ4n) is 8.66. The molecular formula is C53H36N2O. The van der Waals surface area contributed by atoms with E-state index in [0.29, 0.717) is 0 Å². The first-order chi connectivity index (χ1) is 27.7. The number of benzene rings is 8. The third-order valence-corrected chi connectivity index (χ3v) is 11.2. The number of fused-ring (bicyclic) bond motifs is 9. The van der Waals surface area contributed by atoms with Gasteiger partial charge in [0.25, 0.3) is 0 Å². The minimum atomic E-state index is 0.832. The second-order valence-electron chi connectivity index (χ2n) is 14.6. The van der Waals surface area contributed by atoms with Crippen molar-refractivity contribution in [3.8, 4) is 33.6 Å². The van der Waals surface area contributed by atoms with Gasteiger partial charge < -0.3 is 13.6 Å². The van der Waals surface area contributed by atoms with Crippen molar-refractivity contribution in [1.82, 2.24) is 9.13 Å². The average molecular weight is 717 g/mol. The van der Waals surface area contributed by atoms with Crippen molar-refractivity contribution in [2.75, 3.05) is 0 Å². The minimum Gasteiger partial charge on any atom is -0.461 e. The average Bonchev–Trinajstić information content (AvgIpc) is 3.79. The number of hydrogen-bond donors (Lipinski definition) is 0. The van der Waals surface area contributed by atoms with Crippen LogP contribution in [0.2, 0.25) is 0 Å². The zero-order chi connectivity index (χ0) is 37.2. The molecule has 0 spiro atoms. The largest absolute Gasteiger partial charge is 0.461 e. The van der Waals surface area contributed by atoms with Crippen molar-refractivity contribution in [3.63, 3.8) is 0 Å². The third kappa shape index (κ3) is 5.20. The molecule has 3 heterocycles. The van der Waals surface area contributed by atoms with Gasteiger partial charge in [0.15, 0.2) is 0 Å². The van der Waals surface area contributed by atoms with Crippen molar-refractivity contribution in [1.29, 1.82) is 0 Å². The van der Waals surface area contributed by atoms with E-state index < -0.39 is 0 Å². The maximum absolute atomic E-state index is 6.46. The van der Waals surface area contributed by atoms with E-state index in [1.165, 1.54) is 54.4 Å². The molecule has 0 N–H and O–H groups in total. The van der Waals surface area contributed by atoms with Crippen molar-refractivity contribution >= 4 is 65.4 Å². The molecule has 0 fully saturated rings. The summed E-state index contributed by atoms with van der Waals surface area (Å²) in [6.45, 7) is 2.01.